The van der Waals surface area contributed by atoms with E-state index in [4.69, 9.17) is 0 Å². The van der Waals surface area contributed by atoms with Crippen molar-refractivity contribution in [1.82, 2.24) is 10.2 Å². The summed E-state index contributed by atoms with van der Waals surface area (Å²) in [4.78, 5) is 25.7. The number of nitrogens with one attached hydrogen (secondary N) is 1. The maximum atomic E-state index is 12.4. The van der Waals surface area contributed by atoms with Gasteiger partial charge in [0.1, 0.15) is 5.54 Å². The van der Waals surface area contributed by atoms with Crippen LogP contribution >= 0.6 is 0 Å². The van der Waals surface area contributed by atoms with Gasteiger partial charge < -0.3 is 15.3 Å². The standard InChI is InChI=1S/C16H30N2O3/c1-4-8-13-9-7-11-18(12-10-13)15(21)17-16(5-2,6-3)14(19)20/h13H,4-12H2,1-3H3,(H,17,21)(H,19,20). The van der Waals surface area contributed by atoms with Gasteiger partial charge in [0.2, 0.25) is 0 Å². The molecular formula is C16H30N2O3. The molecule has 0 aromatic heterocycles. The first kappa shape index (κ1) is 17.8. The van der Waals surface area contributed by atoms with Crippen LogP contribution in [0.3, 0.4) is 0 Å². The lowest BCUT2D eigenvalue weighted by molar-refractivity contribution is -0.144. The number of aliphatic carboxylic acids is 1. The second-order valence-corrected chi connectivity index (χ2v) is 6.10. The maximum Gasteiger partial charge on any atom is 0.329 e. The maximum absolute atomic E-state index is 12.4. The SMILES string of the molecule is CCCC1CCCN(C(=O)NC(CC)(CC)C(=O)O)CC1. The molecule has 122 valence electrons. The zero-order chi connectivity index (χ0) is 15.9. The Bertz CT molecular complexity index is 353. The second kappa shape index (κ2) is 8.25. The molecule has 2 amide bonds. The van der Waals surface area contributed by atoms with Crippen molar-refractivity contribution in [3.63, 3.8) is 0 Å². The Morgan fingerprint density at radius 1 is 1.19 bits per heavy atom. The zero-order valence-corrected chi connectivity index (χ0v) is 13.7. The van der Waals surface area contributed by atoms with E-state index in [0.717, 1.165) is 25.9 Å². The fourth-order valence-electron chi connectivity index (χ4n) is 3.13. The molecule has 1 saturated heterocycles. The summed E-state index contributed by atoms with van der Waals surface area (Å²) in [6.07, 6.45) is 6.41. The molecule has 1 atom stereocenters. The number of carbonyl (C=O) groups excluding carboxylic acids is 1. The number of hydrogen-bond acceptors (Lipinski definition) is 2. The first-order valence-electron chi connectivity index (χ1n) is 8.29. The van der Waals surface area contributed by atoms with Gasteiger partial charge in [0.25, 0.3) is 0 Å². The van der Waals surface area contributed by atoms with Gasteiger partial charge in [-0.15, -0.1) is 0 Å². The topological polar surface area (TPSA) is 69.6 Å². The number of urea groups is 1. The molecular weight excluding hydrogens is 268 g/mol. The van der Waals surface area contributed by atoms with Gasteiger partial charge in [-0.3, -0.25) is 0 Å². The largest absolute Gasteiger partial charge is 0.480 e. The highest BCUT2D eigenvalue weighted by atomic mass is 16.4. The van der Waals surface area contributed by atoms with E-state index >= 15 is 0 Å². The molecule has 1 fully saturated rings. The summed E-state index contributed by atoms with van der Waals surface area (Å²) >= 11 is 0. The summed E-state index contributed by atoms with van der Waals surface area (Å²) in [5, 5.41) is 12.2. The molecule has 2 N–H and O–H groups in total. The van der Waals surface area contributed by atoms with Crippen LogP contribution in [0.5, 0.6) is 0 Å². The average molecular weight is 298 g/mol. The van der Waals surface area contributed by atoms with E-state index in [-0.39, 0.29) is 6.03 Å². The number of rotatable bonds is 6. The third kappa shape index (κ3) is 4.61. The summed E-state index contributed by atoms with van der Waals surface area (Å²) < 4.78 is 0. The third-order valence-electron chi connectivity index (χ3n) is 4.79. The molecule has 0 saturated carbocycles. The molecule has 0 spiro atoms. The summed E-state index contributed by atoms with van der Waals surface area (Å²) in [5.41, 5.74) is -1.13. The minimum absolute atomic E-state index is 0.224. The van der Waals surface area contributed by atoms with Gasteiger partial charge in [-0.1, -0.05) is 33.6 Å². The molecule has 21 heavy (non-hydrogen) atoms. The second-order valence-electron chi connectivity index (χ2n) is 6.10. The molecule has 5 heteroatoms. The van der Waals surface area contributed by atoms with Crippen LogP contribution in [0.25, 0.3) is 0 Å². The number of hydrogen-bond donors (Lipinski definition) is 2. The highest BCUT2D eigenvalue weighted by molar-refractivity contribution is 5.86. The first-order valence-corrected chi connectivity index (χ1v) is 8.29. The Kier molecular flexibility index (Phi) is 6.99. The first-order chi connectivity index (χ1) is 9.99. The van der Waals surface area contributed by atoms with Crippen LogP contribution in [0.2, 0.25) is 0 Å². The Morgan fingerprint density at radius 2 is 1.86 bits per heavy atom. The lowest BCUT2D eigenvalue weighted by atomic mass is 9.93. The zero-order valence-electron chi connectivity index (χ0n) is 13.7. The van der Waals surface area contributed by atoms with Crippen molar-refractivity contribution in [2.75, 3.05) is 13.1 Å². The van der Waals surface area contributed by atoms with Crippen molar-refractivity contribution in [1.29, 1.82) is 0 Å². The van der Waals surface area contributed by atoms with Crippen molar-refractivity contribution < 1.29 is 14.7 Å². The number of amides is 2. The smallest absolute Gasteiger partial charge is 0.329 e. The molecule has 1 heterocycles. The number of nitrogens with zero attached hydrogens (tertiary/aromatic N) is 1. The van der Waals surface area contributed by atoms with E-state index in [2.05, 4.69) is 12.2 Å². The predicted molar refractivity (Wildman–Crippen MR) is 83.3 cm³/mol. The van der Waals surface area contributed by atoms with E-state index in [1.807, 2.05) is 0 Å². The fourth-order valence-corrected chi connectivity index (χ4v) is 3.13. The van der Waals surface area contributed by atoms with Gasteiger partial charge in [-0.05, 0) is 38.0 Å². The minimum atomic E-state index is -1.13. The molecule has 1 aliphatic rings. The molecule has 5 nitrogen and oxygen atoms in total. The van der Waals surface area contributed by atoms with E-state index in [1.54, 1.807) is 18.7 Å². The Morgan fingerprint density at radius 3 is 2.38 bits per heavy atom. The van der Waals surface area contributed by atoms with Crippen LogP contribution in [-0.2, 0) is 4.79 Å². The number of carboxylic acids is 1. The molecule has 0 aliphatic carbocycles. The molecule has 0 aromatic carbocycles. The van der Waals surface area contributed by atoms with Crippen LogP contribution in [-0.4, -0.2) is 40.6 Å². The van der Waals surface area contributed by atoms with Gasteiger partial charge >= 0.3 is 12.0 Å². The van der Waals surface area contributed by atoms with Crippen molar-refractivity contribution in [3.8, 4) is 0 Å². The van der Waals surface area contributed by atoms with Crippen molar-refractivity contribution in [2.24, 2.45) is 5.92 Å². The van der Waals surface area contributed by atoms with Gasteiger partial charge in [0.15, 0.2) is 0 Å². The molecule has 0 bridgehead atoms. The molecule has 1 unspecified atom stereocenters. The monoisotopic (exact) mass is 298 g/mol. The van der Waals surface area contributed by atoms with Gasteiger partial charge in [0, 0.05) is 13.1 Å². The lowest BCUT2D eigenvalue weighted by Gasteiger charge is -2.31. The summed E-state index contributed by atoms with van der Waals surface area (Å²) in [5.74, 6) is -0.242. The van der Waals surface area contributed by atoms with E-state index in [0.29, 0.717) is 18.8 Å². The number of carboxylic acid groups (broad SMARTS) is 1. The number of likely N-dealkylation sites (tertiary alicyclic amines) is 1. The Hall–Kier alpha value is -1.26. The molecule has 1 aliphatic heterocycles. The van der Waals surface area contributed by atoms with Crippen LogP contribution in [0.15, 0.2) is 0 Å². The van der Waals surface area contributed by atoms with Crippen LogP contribution in [0, 0.1) is 5.92 Å². The summed E-state index contributed by atoms with van der Waals surface area (Å²) in [6, 6.07) is -0.224. The Labute approximate surface area is 128 Å². The van der Waals surface area contributed by atoms with E-state index in [1.165, 1.54) is 19.3 Å². The number of carbonyl (C=O) groups is 2. The van der Waals surface area contributed by atoms with Crippen molar-refractivity contribution in [2.45, 2.75) is 71.3 Å². The summed E-state index contributed by atoms with van der Waals surface area (Å²) in [7, 11) is 0. The Balaban J connectivity index is 2.64. The summed E-state index contributed by atoms with van der Waals surface area (Å²) in [6.45, 7) is 7.27. The van der Waals surface area contributed by atoms with E-state index < -0.39 is 11.5 Å². The molecule has 0 radical (unpaired) electrons. The molecule has 1 rings (SSSR count). The van der Waals surface area contributed by atoms with Crippen LogP contribution in [0.1, 0.15) is 65.7 Å². The van der Waals surface area contributed by atoms with Crippen LogP contribution < -0.4 is 5.32 Å². The molecule has 0 aromatic rings. The minimum Gasteiger partial charge on any atom is -0.480 e. The average Bonchev–Trinajstić information content (AvgIpc) is 2.70. The fraction of sp³-hybridized carbons (Fsp3) is 0.875. The van der Waals surface area contributed by atoms with Gasteiger partial charge in [0.05, 0.1) is 0 Å². The predicted octanol–water partition coefficient (Wildman–Crippen LogP) is 3.24. The highest BCUT2D eigenvalue weighted by Crippen LogP contribution is 2.23. The third-order valence-corrected chi connectivity index (χ3v) is 4.79. The highest BCUT2D eigenvalue weighted by Gasteiger charge is 2.37. The van der Waals surface area contributed by atoms with Gasteiger partial charge in [-0.25, -0.2) is 9.59 Å². The van der Waals surface area contributed by atoms with E-state index in [9.17, 15) is 14.7 Å². The quantitative estimate of drug-likeness (QED) is 0.791. The van der Waals surface area contributed by atoms with Crippen molar-refractivity contribution in [3.05, 3.63) is 0 Å². The van der Waals surface area contributed by atoms with Crippen LogP contribution in [0.4, 0.5) is 4.79 Å². The van der Waals surface area contributed by atoms with Gasteiger partial charge in [-0.2, -0.15) is 0 Å². The normalized spacial score (nSPS) is 20.0. The lowest BCUT2D eigenvalue weighted by Crippen LogP contribution is -2.57. The van der Waals surface area contributed by atoms with Crippen molar-refractivity contribution >= 4 is 12.0 Å².